The van der Waals surface area contributed by atoms with Crippen molar-refractivity contribution in [1.29, 1.82) is 0 Å². The van der Waals surface area contributed by atoms with E-state index >= 15 is 0 Å². The van der Waals surface area contributed by atoms with Crippen LogP contribution in [0, 0.1) is 5.92 Å². The van der Waals surface area contributed by atoms with Crippen LogP contribution in [-0.4, -0.2) is 88.5 Å². The molecule has 16 heteroatoms. The van der Waals surface area contributed by atoms with Gasteiger partial charge in [-0.2, -0.15) is 5.10 Å². The third-order valence-electron chi connectivity index (χ3n) is 8.86. The second-order valence-corrected chi connectivity index (χ2v) is 12.7. The highest BCUT2D eigenvalue weighted by molar-refractivity contribution is 5.94. The maximum absolute atomic E-state index is 13.6. The van der Waals surface area contributed by atoms with Gasteiger partial charge in [0.2, 0.25) is 5.91 Å². The lowest BCUT2D eigenvalue weighted by atomic mass is 10.1. The number of alkyl halides is 2. The number of amides is 3. The van der Waals surface area contributed by atoms with Gasteiger partial charge >= 0.3 is 0 Å². The van der Waals surface area contributed by atoms with E-state index in [0.29, 0.717) is 36.8 Å². The molecule has 1 aromatic carbocycles. The second kappa shape index (κ2) is 14.2. The second-order valence-electron chi connectivity index (χ2n) is 12.7. The Hall–Kier alpha value is -5.51. The number of carbonyl (C=O) groups is 3. The van der Waals surface area contributed by atoms with Crippen molar-refractivity contribution in [2.75, 3.05) is 45.7 Å². The average Bonchev–Trinajstić information content (AvgIpc) is 3.72. The molecule has 7 N–H and O–H groups in total. The van der Waals surface area contributed by atoms with E-state index in [-0.39, 0.29) is 53.7 Å². The van der Waals surface area contributed by atoms with Crippen molar-refractivity contribution in [3.8, 4) is 16.9 Å². The summed E-state index contributed by atoms with van der Waals surface area (Å²) in [6.45, 7) is 1.32. The van der Waals surface area contributed by atoms with E-state index in [1.54, 1.807) is 24.4 Å². The molecule has 1 saturated carbocycles. The fourth-order valence-corrected chi connectivity index (χ4v) is 5.95. The van der Waals surface area contributed by atoms with E-state index in [2.05, 4.69) is 30.9 Å². The molecule has 3 fully saturated rings. The molecule has 2 saturated heterocycles. The van der Waals surface area contributed by atoms with Crippen LogP contribution < -0.4 is 32.2 Å². The maximum Gasteiger partial charge on any atom is 0.272 e. The van der Waals surface area contributed by atoms with Gasteiger partial charge in [0, 0.05) is 69.0 Å². The largest absolute Gasteiger partial charge is 0.494 e. The molecule has 14 nitrogen and oxygen atoms in total. The summed E-state index contributed by atoms with van der Waals surface area (Å²) >= 11 is 0. The SMILES string of the molecule is CNC(=O)/C(N)=C(/C=C(\N)NC(=O)C1CC1)Nc1cccc(-c2cnn(C3CN(Cc4cccc(C(=O)N5CCC(F)(F)C5)n4)C3)c2)c1OC. The van der Waals surface area contributed by atoms with Crippen molar-refractivity contribution in [3.05, 3.63) is 83.5 Å². The van der Waals surface area contributed by atoms with Crippen molar-refractivity contribution in [2.45, 2.75) is 37.8 Å². The van der Waals surface area contributed by atoms with Crippen molar-refractivity contribution in [1.82, 2.24) is 35.2 Å². The van der Waals surface area contributed by atoms with Crippen LogP contribution >= 0.6 is 0 Å². The summed E-state index contributed by atoms with van der Waals surface area (Å²) in [6, 6.07) is 10.7. The normalized spacial score (nSPS) is 18.2. The predicted molar refractivity (Wildman–Crippen MR) is 180 cm³/mol. The molecule has 0 bridgehead atoms. The van der Waals surface area contributed by atoms with Gasteiger partial charge in [-0.1, -0.05) is 18.2 Å². The number of likely N-dealkylation sites (N-methyl/N-ethyl adjacent to an activating group) is 1. The number of carbonyl (C=O) groups excluding carboxylic acids is 3. The molecular formula is C34H40F2N10O4. The lowest BCUT2D eigenvalue weighted by Crippen LogP contribution is -2.47. The topological polar surface area (TPSA) is 186 Å². The highest BCUT2D eigenvalue weighted by atomic mass is 19.3. The summed E-state index contributed by atoms with van der Waals surface area (Å²) in [7, 11) is 2.98. The molecule has 0 spiro atoms. The van der Waals surface area contributed by atoms with Crippen molar-refractivity contribution < 1.29 is 27.9 Å². The fraction of sp³-hybridized carbons (Fsp3) is 0.382. The number of benzene rings is 1. The van der Waals surface area contributed by atoms with Gasteiger partial charge < -0.3 is 37.1 Å². The van der Waals surface area contributed by atoms with Gasteiger partial charge in [0.15, 0.2) is 0 Å². The Morgan fingerprint density at radius 3 is 2.56 bits per heavy atom. The highest BCUT2D eigenvalue weighted by Crippen LogP contribution is 2.38. The van der Waals surface area contributed by atoms with Gasteiger partial charge in [-0.15, -0.1) is 0 Å². The van der Waals surface area contributed by atoms with Gasteiger partial charge in [0.25, 0.3) is 17.7 Å². The molecule has 2 aromatic heterocycles. The summed E-state index contributed by atoms with van der Waals surface area (Å²) in [6.07, 6.45) is 6.35. The van der Waals surface area contributed by atoms with Gasteiger partial charge in [-0.25, -0.2) is 13.8 Å². The number of nitrogens with zero attached hydrogens (tertiary/aromatic N) is 5. The van der Waals surface area contributed by atoms with Crippen LogP contribution in [0.1, 0.15) is 41.5 Å². The highest BCUT2D eigenvalue weighted by Gasteiger charge is 2.41. The summed E-state index contributed by atoms with van der Waals surface area (Å²) in [5.74, 6) is -3.62. The number of anilines is 1. The summed E-state index contributed by atoms with van der Waals surface area (Å²) in [4.78, 5) is 45.2. The number of halogens is 2. The number of ether oxygens (including phenoxy) is 1. The number of hydrogen-bond acceptors (Lipinski definition) is 10. The number of pyridine rings is 1. The van der Waals surface area contributed by atoms with Crippen LogP contribution in [0.2, 0.25) is 0 Å². The third-order valence-corrected chi connectivity index (χ3v) is 8.86. The number of allylic oxidation sites excluding steroid dienone is 1. The number of para-hydroxylation sites is 1. The zero-order valence-corrected chi connectivity index (χ0v) is 27.8. The van der Waals surface area contributed by atoms with E-state index in [9.17, 15) is 23.2 Å². The minimum atomic E-state index is -2.86. The Morgan fingerprint density at radius 2 is 1.88 bits per heavy atom. The molecule has 3 aliphatic rings. The number of rotatable bonds is 12. The lowest BCUT2D eigenvalue weighted by molar-refractivity contribution is -0.121. The number of hydrogen-bond donors (Lipinski definition) is 5. The maximum atomic E-state index is 13.6. The fourth-order valence-electron chi connectivity index (χ4n) is 5.95. The number of nitrogens with one attached hydrogen (secondary N) is 3. The van der Waals surface area contributed by atoms with E-state index in [1.165, 1.54) is 20.2 Å². The van der Waals surface area contributed by atoms with Gasteiger partial charge in [0.1, 0.15) is 23.0 Å². The molecule has 6 rings (SSSR count). The first kappa shape index (κ1) is 34.4. The Balaban J connectivity index is 1.12. The molecule has 264 valence electrons. The predicted octanol–water partition coefficient (Wildman–Crippen LogP) is 2.15. The molecular weight excluding hydrogens is 650 g/mol. The summed E-state index contributed by atoms with van der Waals surface area (Å²) < 4.78 is 35.0. The zero-order chi connectivity index (χ0) is 35.6. The van der Waals surface area contributed by atoms with Crippen LogP contribution in [0.3, 0.4) is 0 Å². The molecule has 3 amide bonds. The standard InChI is InChI=1S/C34H40F2N10O4/c1-39-32(48)29(38)27(13-28(37)43-31(47)20-9-10-20)42-25-7-4-6-24(30(25)50-2)21-14-40-46(15-21)23-17-44(18-23)16-22-5-3-8-26(41-22)33(49)45-12-11-34(35,36)19-45/h3-8,13-15,20,23,42H,9-12,16-19,37-38H2,1-2H3,(H,39,48)(H,43,47)/b28-13+,29-27+. The van der Waals surface area contributed by atoms with Crippen LogP contribution in [0.5, 0.6) is 5.75 Å². The Kier molecular flexibility index (Phi) is 9.72. The van der Waals surface area contributed by atoms with E-state index < -0.39 is 24.3 Å². The van der Waals surface area contributed by atoms with Crippen LogP contribution in [0.15, 0.2) is 72.1 Å². The van der Waals surface area contributed by atoms with Gasteiger partial charge in [0.05, 0.1) is 43.0 Å². The Morgan fingerprint density at radius 1 is 1.12 bits per heavy atom. The van der Waals surface area contributed by atoms with Crippen molar-refractivity contribution >= 4 is 23.4 Å². The first-order valence-corrected chi connectivity index (χ1v) is 16.3. The molecule has 2 aliphatic heterocycles. The molecule has 0 atom stereocenters. The molecule has 1 aliphatic carbocycles. The number of aromatic nitrogens is 3. The molecule has 0 unspecified atom stereocenters. The van der Waals surface area contributed by atoms with Crippen LogP contribution in [-0.2, 0) is 16.1 Å². The van der Waals surface area contributed by atoms with Crippen LogP contribution in [0.25, 0.3) is 11.1 Å². The Bertz CT molecular complexity index is 1850. The van der Waals surface area contributed by atoms with E-state index in [4.69, 9.17) is 16.2 Å². The first-order chi connectivity index (χ1) is 23.9. The molecule has 3 aromatic rings. The Labute approximate surface area is 287 Å². The van der Waals surface area contributed by atoms with Gasteiger partial charge in [-0.3, -0.25) is 24.0 Å². The quantitative estimate of drug-likeness (QED) is 0.139. The van der Waals surface area contributed by atoms with E-state index in [0.717, 1.165) is 28.9 Å². The number of likely N-dealkylation sites (tertiary alicyclic amines) is 2. The first-order valence-electron chi connectivity index (χ1n) is 16.3. The minimum absolute atomic E-state index is 0.0160. The van der Waals surface area contributed by atoms with E-state index in [1.807, 2.05) is 29.1 Å². The molecule has 4 heterocycles. The molecule has 0 radical (unpaired) electrons. The van der Waals surface area contributed by atoms with Gasteiger partial charge in [-0.05, 0) is 31.0 Å². The smallest absolute Gasteiger partial charge is 0.272 e. The third kappa shape index (κ3) is 7.70. The average molecular weight is 691 g/mol. The minimum Gasteiger partial charge on any atom is -0.494 e. The van der Waals surface area contributed by atoms with Crippen molar-refractivity contribution in [2.24, 2.45) is 17.4 Å². The van der Waals surface area contributed by atoms with Crippen molar-refractivity contribution in [3.63, 3.8) is 0 Å². The monoisotopic (exact) mass is 690 g/mol. The summed E-state index contributed by atoms with van der Waals surface area (Å²) in [5.41, 5.74) is 15.2. The van der Waals surface area contributed by atoms with Crippen LogP contribution in [0.4, 0.5) is 14.5 Å². The molecule has 50 heavy (non-hydrogen) atoms. The summed E-state index contributed by atoms with van der Waals surface area (Å²) in [5, 5.41) is 12.9. The number of nitrogens with two attached hydrogens (primary N) is 2. The number of methoxy groups -OCH3 is 1. The lowest BCUT2D eigenvalue weighted by Gasteiger charge is -2.39. The zero-order valence-electron chi connectivity index (χ0n) is 27.8.